The van der Waals surface area contributed by atoms with Crippen LogP contribution in [0.15, 0.2) is 24.5 Å². The molecule has 11 heteroatoms. The number of methoxy groups -OCH3 is 1. The van der Waals surface area contributed by atoms with Crippen molar-refractivity contribution in [3.8, 4) is 11.4 Å². The molecule has 2 amide bonds. The first kappa shape index (κ1) is 19.8. The number of tetrazole rings is 1. The minimum atomic E-state index is -0.146. The number of aromatic nitrogens is 7. The van der Waals surface area contributed by atoms with Crippen molar-refractivity contribution in [1.82, 2.24) is 39.9 Å². The number of hydrogen-bond acceptors (Lipinski definition) is 7. The summed E-state index contributed by atoms with van der Waals surface area (Å²) >= 11 is 0. The van der Waals surface area contributed by atoms with Gasteiger partial charge in [-0.1, -0.05) is 0 Å². The quantitative estimate of drug-likeness (QED) is 0.682. The van der Waals surface area contributed by atoms with E-state index in [9.17, 15) is 4.79 Å². The average molecular weight is 411 g/mol. The van der Waals surface area contributed by atoms with Gasteiger partial charge in [-0.3, -0.25) is 0 Å². The SMILES string of the molecule is CCn1cnnc1[C@H]1CCCN(C(=O)Nc2ccc(OC)c(-n3nnnc3C)c2)C1. The van der Waals surface area contributed by atoms with Gasteiger partial charge in [-0.25, -0.2) is 4.79 Å². The summed E-state index contributed by atoms with van der Waals surface area (Å²) in [5.74, 6) is 2.36. The molecule has 1 saturated heterocycles. The van der Waals surface area contributed by atoms with E-state index < -0.39 is 0 Å². The van der Waals surface area contributed by atoms with Crippen LogP contribution in [0.3, 0.4) is 0 Å². The molecule has 3 aromatic rings. The van der Waals surface area contributed by atoms with Gasteiger partial charge in [0.05, 0.1) is 7.11 Å². The number of amides is 2. The number of ether oxygens (including phenoxy) is 1. The molecule has 1 aromatic carbocycles. The number of nitrogens with one attached hydrogen (secondary N) is 1. The molecule has 0 unspecified atom stereocenters. The predicted octanol–water partition coefficient (Wildman–Crippen LogP) is 2.00. The van der Waals surface area contributed by atoms with Gasteiger partial charge in [-0.15, -0.1) is 15.3 Å². The molecule has 2 aromatic heterocycles. The van der Waals surface area contributed by atoms with Crippen LogP contribution in [-0.4, -0.2) is 66.1 Å². The van der Waals surface area contributed by atoms with Crippen LogP contribution in [0.25, 0.3) is 5.69 Å². The lowest BCUT2D eigenvalue weighted by Crippen LogP contribution is -2.42. The highest BCUT2D eigenvalue weighted by Gasteiger charge is 2.28. The minimum Gasteiger partial charge on any atom is -0.494 e. The monoisotopic (exact) mass is 411 g/mol. The number of piperidine rings is 1. The van der Waals surface area contributed by atoms with Gasteiger partial charge in [0.1, 0.15) is 23.6 Å². The Hall–Kier alpha value is -3.50. The van der Waals surface area contributed by atoms with E-state index >= 15 is 0 Å². The van der Waals surface area contributed by atoms with E-state index in [-0.39, 0.29) is 11.9 Å². The zero-order valence-corrected chi connectivity index (χ0v) is 17.3. The first-order valence-electron chi connectivity index (χ1n) is 9.97. The molecule has 158 valence electrons. The van der Waals surface area contributed by atoms with Gasteiger partial charge in [-0.2, -0.15) is 4.68 Å². The summed E-state index contributed by atoms with van der Waals surface area (Å²) in [6.07, 6.45) is 3.66. The number of nitrogens with zero attached hydrogens (tertiary/aromatic N) is 8. The first-order chi connectivity index (χ1) is 14.6. The summed E-state index contributed by atoms with van der Waals surface area (Å²) in [6.45, 7) is 6.00. The third kappa shape index (κ3) is 3.82. The highest BCUT2D eigenvalue weighted by atomic mass is 16.5. The Bertz CT molecular complexity index is 1030. The van der Waals surface area contributed by atoms with Crippen molar-refractivity contribution in [2.45, 2.75) is 39.2 Å². The van der Waals surface area contributed by atoms with Gasteiger partial charge >= 0.3 is 6.03 Å². The van der Waals surface area contributed by atoms with Gasteiger partial charge in [-0.05, 0) is 55.3 Å². The lowest BCUT2D eigenvalue weighted by atomic mass is 9.97. The van der Waals surface area contributed by atoms with Crippen molar-refractivity contribution < 1.29 is 9.53 Å². The molecule has 1 aliphatic heterocycles. The molecule has 0 bridgehead atoms. The Labute approximate surface area is 174 Å². The van der Waals surface area contributed by atoms with E-state index in [0.29, 0.717) is 36.0 Å². The fraction of sp³-hybridized carbons (Fsp3) is 0.474. The third-order valence-corrected chi connectivity index (χ3v) is 5.34. The average Bonchev–Trinajstić information content (AvgIpc) is 3.42. The van der Waals surface area contributed by atoms with Gasteiger partial charge in [0.15, 0.2) is 5.82 Å². The van der Waals surface area contributed by atoms with E-state index in [1.54, 1.807) is 43.2 Å². The Balaban J connectivity index is 1.50. The van der Waals surface area contributed by atoms with Gasteiger partial charge < -0.3 is 19.5 Å². The second kappa shape index (κ2) is 8.47. The number of carbonyl (C=O) groups is 1. The standard InChI is InChI=1S/C19H25N9O2/c1-4-26-12-20-23-18(26)14-6-5-9-27(11-14)19(29)21-15-7-8-17(30-3)16(10-15)28-13(2)22-24-25-28/h7-8,10,12,14H,4-6,9,11H2,1-3H3,(H,21,29)/t14-/m0/s1. The Kier molecular flexibility index (Phi) is 5.59. The number of anilines is 1. The molecule has 0 aliphatic carbocycles. The van der Waals surface area contributed by atoms with Crippen molar-refractivity contribution in [3.05, 3.63) is 36.2 Å². The van der Waals surface area contributed by atoms with Crippen LogP contribution in [0, 0.1) is 6.92 Å². The molecule has 1 atom stereocenters. The first-order valence-corrected chi connectivity index (χ1v) is 9.97. The van der Waals surface area contributed by atoms with Crippen molar-refractivity contribution in [2.75, 3.05) is 25.5 Å². The highest BCUT2D eigenvalue weighted by Crippen LogP contribution is 2.28. The summed E-state index contributed by atoms with van der Waals surface area (Å²) < 4.78 is 9.03. The van der Waals surface area contributed by atoms with E-state index in [0.717, 1.165) is 25.2 Å². The lowest BCUT2D eigenvalue weighted by Gasteiger charge is -2.32. The summed E-state index contributed by atoms with van der Waals surface area (Å²) in [4.78, 5) is 14.8. The Morgan fingerprint density at radius 2 is 2.20 bits per heavy atom. The Morgan fingerprint density at radius 3 is 2.93 bits per heavy atom. The number of carbonyl (C=O) groups excluding carboxylic acids is 1. The Morgan fingerprint density at radius 1 is 1.33 bits per heavy atom. The molecule has 11 nitrogen and oxygen atoms in total. The molecule has 1 fully saturated rings. The molecule has 1 aliphatic rings. The maximum absolute atomic E-state index is 12.9. The molecular weight excluding hydrogens is 386 g/mol. The molecular formula is C19H25N9O2. The summed E-state index contributed by atoms with van der Waals surface area (Å²) in [7, 11) is 1.58. The second-order valence-corrected chi connectivity index (χ2v) is 7.22. The number of likely N-dealkylation sites (tertiary alicyclic amines) is 1. The molecule has 0 radical (unpaired) electrons. The summed E-state index contributed by atoms with van der Waals surface area (Å²) in [6, 6.07) is 5.24. The summed E-state index contributed by atoms with van der Waals surface area (Å²) in [5, 5.41) is 22.9. The molecule has 1 N–H and O–H groups in total. The molecule has 30 heavy (non-hydrogen) atoms. The highest BCUT2D eigenvalue weighted by molar-refractivity contribution is 5.90. The van der Waals surface area contributed by atoms with Gasteiger partial charge in [0.2, 0.25) is 0 Å². The van der Waals surface area contributed by atoms with Crippen molar-refractivity contribution in [2.24, 2.45) is 0 Å². The molecule has 3 heterocycles. The van der Waals surface area contributed by atoms with Crippen LogP contribution in [0.4, 0.5) is 10.5 Å². The van der Waals surface area contributed by atoms with Gasteiger partial charge in [0, 0.05) is 31.2 Å². The lowest BCUT2D eigenvalue weighted by molar-refractivity contribution is 0.190. The van der Waals surface area contributed by atoms with E-state index in [1.807, 2.05) is 9.47 Å². The van der Waals surface area contributed by atoms with Crippen molar-refractivity contribution in [1.29, 1.82) is 0 Å². The number of aryl methyl sites for hydroxylation is 2. The van der Waals surface area contributed by atoms with Crippen molar-refractivity contribution >= 4 is 11.7 Å². The molecule has 0 saturated carbocycles. The largest absolute Gasteiger partial charge is 0.494 e. The van der Waals surface area contributed by atoms with Crippen LogP contribution < -0.4 is 10.1 Å². The molecule has 4 rings (SSSR count). The number of benzene rings is 1. The molecule has 0 spiro atoms. The maximum Gasteiger partial charge on any atom is 0.321 e. The van der Waals surface area contributed by atoms with Crippen LogP contribution in [-0.2, 0) is 6.54 Å². The van der Waals surface area contributed by atoms with E-state index in [4.69, 9.17) is 4.74 Å². The smallest absolute Gasteiger partial charge is 0.321 e. The zero-order chi connectivity index (χ0) is 21.1. The van der Waals surface area contributed by atoms with E-state index in [2.05, 4.69) is 38.0 Å². The maximum atomic E-state index is 12.9. The summed E-state index contributed by atoms with van der Waals surface area (Å²) in [5.41, 5.74) is 1.30. The van der Waals surface area contributed by atoms with Crippen LogP contribution in [0.5, 0.6) is 5.75 Å². The van der Waals surface area contributed by atoms with E-state index in [1.165, 1.54) is 0 Å². The van der Waals surface area contributed by atoms with Crippen molar-refractivity contribution in [3.63, 3.8) is 0 Å². The van der Waals surface area contributed by atoms with Crippen LogP contribution in [0.1, 0.15) is 37.3 Å². The fourth-order valence-corrected chi connectivity index (χ4v) is 3.79. The van der Waals surface area contributed by atoms with Crippen LogP contribution in [0.2, 0.25) is 0 Å². The second-order valence-electron chi connectivity index (χ2n) is 7.22. The number of rotatable bonds is 5. The number of urea groups is 1. The van der Waals surface area contributed by atoms with Gasteiger partial charge in [0.25, 0.3) is 0 Å². The fourth-order valence-electron chi connectivity index (χ4n) is 3.79. The predicted molar refractivity (Wildman–Crippen MR) is 109 cm³/mol. The topological polar surface area (TPSA) is 116 Å². The minimum absolute atomic E-state index is 0.146. The van der Waals surface area contributed by atoms with Crippen LogP contribution >= 0.6 is 0 Å². The zero-order valence-electron chi connectivity index (χ0n) is 17.3. The number of hydrogen-bond donors (Lipinski definition) is 1. The third-order valence-electron chi connectivity index (χ3n) is 5.34. The normalized spacial score (nSPS) is 16.5.